The number of benzene rings is 1. The van der Waals surface area contributed by atoms with Crippen LogP contribution in [0.25, 0.3) is 0 Å². The fourth-order valence-corrected chi connectivity index (χ4v) is 1.44. The summed E-state index contributed by atoms with van der Waals surface area (Å²) >= 11 is 5.58. The first-order valence-electron chi connectivity index (χ1n) is 5.07. The Morgan fingerprint density at radius 1 is 1.35 bits per heavy atom. The molecule has 0 saturated heterocycles. The van der Waals surface area contributed by atoms with E-state index in [1.165, 1.54) is 17.4 Å². The zero-order chi connectivity index (χ0) is 15.6. The Morgan fingerprint density at radius 2 is 1.95 bits per heavy atom. The third-order valence-electron chi connectivity index (χ3n) is 2.27. The van der Waals surface area contributed by atoms with E-state index in [1.807, 2.05) is 0 Å². The zero-order valence-corrected chi connectivity index (χ0v) is 10.7. The quantitative estimate of drug-likeness (QED) is 0.655. The maximum absolute atomic E-state index is 12.7. The normalized spacial score (nSPS) is 14.3. The molecule has 9 heteroatoms. The zero-order valence-electron chi connectivity index (χ0n) is 9.99. The van der Waals surface area contributed by atoms with Gasteiger partial charge in [0.2, 0.25) is 0 Å². The lowest BCUT2D eigenvalue weighted by Gasteiger charge is -2.28. The van der Waals surface area contributed by atoms with Gasteiger partial charge in [0.1, 0.15) is 0 Å². The largest absolute Gasteiger partial charge is 0.465 e. The van der Waals surface area contributed by atoms with Crippen molar-refractivity contribution in [3.63, 3.8) is 0 Å². The summed E-state index contributed by atoms with van der Waals surface area (Å²) in [5, 5.41) is 10.6. The van der Waals surface area contributed by atoms with Crippen molar-refractivity contribution in [2.24, 2.45) is 0 Å². The Balaban J connectivity index is 3.09. The van der Waals surface area contributed by atoms with Gasteiger partial charge in [-0.1, -0.05) is 17.7 Å². The molecule has 20 heavy (non-hydrogen) atoms. The van der Waals surface area contributed by atoms with Crippen LogP contribution in [0.4, 0.5) is 13.2 Å². The van der Waals surface area contributed by atoms with Crippen molar-refractivity contribution < 1.29 is 32.6 Å². The van der Waals surface area contributed by atoms with Crippen LogP contribution in [0.2, 0.25) is 5.02 Å². The highest BCUT2D eigenvalue weighted by Gasteiger charge is 2.62. The number of hydrogen-bond donors (Lipinski definition) is 2. The molecule has 1 unspecified atom stereocenters. The minimum atomic E-state index is -5.45. The van der Waals surface area contributed by atoms with Gasteiger partial charge in [-0.2, -0.15) is 13.2 Å². The Bertz CT molecular complexity index is 535. The molecule has 1 aromatic carbocycles. The fourth-order valence-electron chi connectivity index (χ4n) is 1.25. The van der Waals surface area contributed by atoms with Gasteiger partial charge in [0.25, 0.3) is 5.91 Å². The second kappa shape index (κ2) is 5.68. The van der Waals surface area contributed by atoms with Gasteiger partial charge < -0.3 is 15.2 Å². The van der Waals surface area contributed by atoms with E-state index in [0.717, 1.165) is 12.1 Å². The van der Waals surface area contributed by atoms with Crippen LogP contribution in [0, 0.1) is 0 Å². The summed E-state index contributed by atoms with van der Waals surface area (Å²) in [4.78, 5) is 22.7. The Labute approximate surface area is 116 Å². The number of hydrogen-bond acceptors (Lipinski definition) is 4. The van der Waals surface area contributed by atoms with E-state index in [1.54, 1.807) is 0 Å². The van der Waals surface area contributed by atoms with Crippen molar-refractivity contribution in [1.29, 1.82) is 0 Å². The van der Waals surface area contributed by atoms with Crippen molar-refractivity contribution in [2.75, 3.05) is 7.11 Å². The van der Waals surface area contributed by atoms with Crippen molar-refractivity contribution in [3.05, 3.63) is 34.9 Å². The van der Waals surface area contributed by atoms with Crippen LogP contribution in [0.5, 0.6) is 0 Å². The molecule has 0 radical (unpaired) electrons. The summed E-state index contributed by atoms with van der Waals surface area (Å²) in [5.41, 5.74) is -4.40. The van der Waals surface area contributed by atoms with Crippen molar-refractivity contribution in [1.82, 2.24) is 5.32 Å². The molecule has 1 aromatic rings. The van der Waals surface area contributed by atoms with Gasteiger partial charge in [-0.05, 0) is 18.2 Å². The maximum atomic E-state index is 12.7. The molecular weight excluding hydrogens is 303 g/mol. The van der Waals surface area contributed by atoms with E-state index in [-0.39, 0.29) is 10.6 Å². The number of alkyl halides is 3. The lowest BCUT2D eigenvalue weighted by atomic mass is 10.1. The minimum absolute atomic E-state index is 0.103. The highest BCUT2D eigenvalue weighted by Crippen LogP contribution is 2.29. The minimum Gasteiger partial charge on any atom is -0.465 e. The first-order chi connectivity index (χ1) is 9.11. The standard InChI is InChI=1S/C11H9ClF3NO4/c1-20-9(18)10(19,11(13,14)15)16-8(17)6-3-2-4-7(12)5-6/h2-5,19H,1H3,(H,16,17). The smallest absolute Gasteiger partial charge is 0.448 e. The van der Waals surface area contributed by atoms with E-state index < -0.39 is 23.8 Å². The molecule has 2 N–H and O–H groups in total. The van der Waals surface area contributed by atoms with Gasteiger partial charge in [-0.3, -0.25) is 4.79 Å². The number of aliphatic hydroxyl groups is 1. The molecular formula is C11H9ClF3NO4. The highest BCUT2D eigenvalue weighted by atomic mass is 35.5. The van der Waals surface area contributed by atoms with Crippen LogP contribution >= 0.6 is 11.6 Å². The number of carbonyl (C=O) groups is 2. The van der Waals surface area contributed by atoms with Gasteiger partial charge in [0.05, 0.1) is 7.11 Å². The summed E-state index contributed by atoms with van der Waals surface area (Å²) in [5.74, 6) is -3.39. The number of esters is 1. The van der Waals surface area contributed by atoms with Crippen LogP contribution < -0.4 is 5.32 Å². The number of ether oxygens (including phenoxy) is 1. The van der Waals surface area contributed by atoms with Gasteiger partial charge in [-0.25, -0.2) is 4.79 Å². The summed E-state index contributed by atoms with van der Waals surface area (Å²) in [6, 6.07) is 4.96. The highest BCUT2D eigenvalue weighted by molar-refractivity contribution is 6.31. The van der Waals surface area contributed by atoms with E-state index in [9.17, 15) is 27.9 Å². The summed E-state index contributed by atoms with van der Waals surface area (Å²) in [7, 11) is 0.643. The Hall–Kier alpha value is -1.80. The first-order valence-corrected chi connectivity index (χ1v) is 5.45. The predicted molar refractivity (Wildman–Crippen MR) is 61.9 cm³/mol. The van der Waals surface area contributed by atoms with Gasteiger partial charge in [-0.15, -0.1) is 0 Å². The van der Waals surface area contributed by atoms with E-state index >= 15 is 0 Å². The maximum Gasteiger partial charge on any atom is 0.448 e. The van der Waals surface area contributed by atoms with Crippen molar-refractivity contribution in [2.45, 2.75) is 11.9 Å². The molecule has 0 saturated carbocycles. The van der Waals surface area contributed by atoms with Crippen LogP contribution in [-0.2, 0) is 9.53 Å². The molecule has 110 valence electrons. The molecule has 1 rings (SSSR count). The summed E-state index contributed by atoms with van der Waals surface area (Å²) in [6.45, 7) is 0. The molecule has 0 bridgehead atoms. The average molecular weight is 312 g/mol. The summed E-state index contributed by atoms with van der Waals surface area (Å²) in [6.07, 6.45) is -5.45. The second-order valence-corrected chi connectivity index (χ2v) is 4.10. The Kier molecular flexibility index (Phi) is 4.61. The van der Waals surface area contributed by atoms with Crippen LogP contribution in [0.15, 0.2) is 24.3 Å². The second-order valence-electron chi connectivity index (χ2n) is 3.66. The van der Waals surface area contributed by atoms with Crippen LogP contribution in [0.1, 0.15) is 10.4 Å². The van der Waals surface area contributed by atoms with Crippen molar-refractivity contribution in [3.8, 4) is 0 Å². The SMILES string of the molecule is COC(=O)C(O)(NC(=O)c1cccc(Cl)c1)C(F)(F)F. The van der Waals surface area contributed by atoms with E-state index in [0.29, 0.717) is 7.11 Å². The fraction of sp³-hybridized carbons (Fsp3) is 0.273. The molecule has 0 aromatic heterocycles. The Morgan fingerprint density at radius 3 is 2.40 bits per heavy atom. The van der Waals surface area contributed by atoms with E-state index in [2.05, 4.69) is 4.74 Å². The lowest BCUT2D eigenvalue weighted by Crippen LogP contribution is -2.64. The van der Waals surface area contributed by atoms with Gasteiger partial charge in [0.15, 0.2) is 0 Å². The van der Waals surface area contributed by atoms with Gasteiger partial charge >= 0.3 is 17.9 Å². The number of rotatable bonds is 3. The molecule has 5 nitrogen and oxygen atoms in total. The number of halogens is 4. The average Bonchev–Trinajstić information content (AvgIpc) is 2.36. The molecule has 0 aliphatic rings. The van der Waals surface area contributed by atoms with Crippen LogP contribution in [-0.4, -0.2) is 36.0 Å². The summed E-state index contributed by atoms with van der Waals surface area (Å²) < 4.78 is 42.0. The number of methoxy groups -OCH3 is 1. The number of nitrogens with one attached hydrogen (secondary N) is 1. The van der Waals surface area contributed by atoms with Gasteiger partial charge in [0, 0.05) is 10.6 Å². The number of carbonyl (C=O) groups excluding carboxylic acids is 2. The molecule has 0 heterocycles. The third kappa shape index (κ3) is 3.20. The van der Waals surface area contributed by atoms with Crippen molar-refractivity contribution >= 4 is 23.5 Å². The lowest BCUT2D eigenvalue weighted by molar-refractivity contribution is -0.268. The van der Waals surface area contributed by atoms with Crippen LogP contribution in [0.3, 0.4) is 0 Å². The van der Waals surface area contributed by atoms with E-state index in [4.69, 9.17) is 11.6 Å². The first kappa shape index (κ1) is 16.3. The number of amides is 1. The third-order valence-corrected chi connectivity index (χ3v) is 2.51. The monoisotopic (exact) mass is 311 g/mol. The molecule has 1 atom stereocenters. The molecule has 0 aliphatic carbocycles. The molecule has 1 amide bonds. The topological polar surface area (TPSA) is 75.6 Å². The molecule has 0 fully saturated rings. The predicted octanol–water partition coefficient (Wildman–Crippen LogP) is 1.49. The molecule has 0 aliphatic heterocycles. The molecule has 0 spiro atoms.